The van der Waals surface area contributed by atoms with Crippen molar-refractivity contribution in [2.45, 2.75) is 26.0 Å². The number of nitrogens with zero attached hydrogens (tertiary/aromatic N) is 1. The Bertz CT molecular complexity index is 279. The summed E-state index contributed by atoms with van der Waals surface area (Å²) in [4.78, 5) is 4.19. The number of hydrogen-bond donors (Lipinski definition) is 1. The van der Waals surface area contributed by atoms with Crippen LogP contribution in [0.3, 0.4) is 0 Å². The van der Waals surface area contributed by atoms with Crippen LogP contribution in [-0.4, -0.2) is 17.1 Å². The highest BCUT2D eigenvalue weighted by atomic mass is 79.9. The fourth-order valence-corrected chi connectivity index (χ4v) is 1.15. The number of hydrogen-bond acceptors (Lipinski definition) is 3. The molecule has 0 radical (unpaired) electrons. The van der Waals surface area contributed by atoms with E-state index in [1.807, 2.05) is 26.0 Å². The van der Waals surface area contributed by atoms with Crippen LogP contribution in [0.25, 0.3) is 0 Å². The maximum Gasteiger partial charge on any atom is 0.0888 e. The molecule has 0 saturated carbocycles. The highest BCUT2D eigenvalue weighted by molar-refractivity contribution is 9.10. The van der Waals surface area contributed by atoms with Crippen LogP contribution < -0.4 is 5.73 Å². The van der Waals surface area contributed by atoms with E-state index in [2.05, 4.69) is 20.9 Å². The van der Waals surface area contributed by atoms with E-state index >= 15 is 0 Å². The summed E-state index contributed by atoms with van der Waals surface area (Å²) in [6, 6.07) is 3.87. The molecule has 0 aliphatic carbocycles. The number of nitrogens with two attached hydrogens (primary N) is 1. The van der Waals surface area contributed by atoms with Gasteiger partial charge in [-0.25, -0.2) is 0 Å². The lowest BCUT2D eigenvalue weighted by Crippen LogP contribution is -2.37. The number of rotatable bonds is 4. The van der Waals surface area contributed by atoms with Crippen LogP contribution in [0, 0.1) is 0 Å². The van der Waals surface area contributed by atoms with E-state index in [4.69, 9.17) is 10.5 Å². The molecule has 0 fully saturated rings. The number of halogens is 1. The summed E-state index contributed by atoms with van der Waals surface area (Å²) in [5.74, 6) is 0. The van der Waals surface area contributed by atoms with Crippen LogP contribution >= 0.6 is 15.9 Å². The zero-order valence-electron chi connectivity index (χ0n) is 8.46. The largest absolute Gasteiger partial charge is 0.373 e. The Morgan fingerprint density at radius 1 is 1.50 bits per heavy atom. The van der Waals surface area contributed by atoms with Crippen molar-refractivity contribution in [2.75, 3.05) is 6.61 Å². The summed E-state index contributed by atoms with van der Waals surface area (Å²) in [7, 11) is 0. The molecule has 0 bridgehead atoms. The van der Waals surface area contributed by atoms with E-state index in [0.29, 0.717) is 13.2 Å². The van der Waals surface area contributed by atoms with Gasteiger partial charge in [0.05, 0.1) is 18.9 Å². The van der Waals surface area contributed by atoms with Crippen LogP contribution in [0.15, 0.2) is 22.8 Å². The van der Waals surface area contributed by atoms with Crippen molar-refractivity contribution in [3.63, 3.8) is 0 Å². The van der Waals surface area contributed by atoms with E-state index in [1.165, 1.54) is 0 Å². The van der Waals surface area contributed by atoms with Gasteiger partial charge in [-0.1, -0.05) is 0 Å². The third-order valence-electron chi connectivity index (χ3n) is 1.51. The van der Waals surface area contributed by atoms with Crippen molar-refractivity contribution in [3.8, 4) is 0 Å². The third kappa shape index (κ3) is 4.69. The molecule has 2 N–H and O–H groups in total. The average Bonchev–Trinajstić information content (AvgIpc) is 2.06. The fourth-order valence-electron chi connectivity index (χ4n) is 0.910. The molecule has 0 saturated heterocycles. The topological polar surface area (TPSA) is 48.1 Å². The van der Waals surface area contributed by atoms with Gasteiger partial charge in [0.15, 0.2) is 0 Å². The summed E-state index contributed by atoms with van der Waals surface area (Å²) in [6.07, 6.45) is 1.76. The first-order chi connectivity index (χ1) is 6.47. The van der Waals surface area contributed by atoms with Crippen molar-refractivity contribution in [3.05, 3.63) is 28.5 Å². The van der Waals surface area contributed by atoms with Crippen LogP contribution in [-0.2, 0) is 11.3 Å². The predicted octanol–water partition coefficient (Wildman–Crippen LogP) is 2.10. The molecular weight excluding hydrogens is 244 g/mol. The first-order valence-corrected chi connectivity index (χ1v) is 5.24. The maximum absolute atomic E-state index is 5.77. The lowest BCUT2D eigenvalue weighted by atomic mass is 10.1. The normalized spacial score (nSPS) is 11.7. The molecule has 1 aromatic rings. The van der Waals surface area contributed by atoms with Gasteiger partial charge in [0.25, 0.3) is 0 Å². The first-order valence-electron chi connectivity index (χ1n) is 4.44. The number of pyridine rings is 1. The molecule has 0 spiro atoms. The molecule has 3 nitrogen and oxygen atoms in total. The molecular formula is C10H15BrN2O. The lowest BCUT2D eigenvalue weighted by molar-refractivity contribution is 0.0830. The molecule has 4 heteroatoms. The second kappa shape index (κ2) is 4.87. The highest BCUT2D eigenvalue weighted by Crippen LogP contribution is 2.08. The van der Waals surface area contributed by atoms with Crippen LogP contribution in [0.4, 0.5) is 0 Å². The van der Waals surface area contributed by atoms with Crippen molar-refractivity contribution >= 4 is 15.9 Å². The van der Waals surface area contributed by atoms with Gasteiger partial charge in [0, 0.05) is 16.2 Å². The van der Waals surface area contributed by atoms with Gasteiger partial charge in [-0.2, -0.15) is 0 Å². The quantitative estimate of drug-likeness (QED) is 0.900. The van der Waals surface area contributed by atoms with Gasteiger partial charge in [0.1, 0.15) is 0 Å². The molecule has 0 aromatic carbocycles. The van der Waals surface area contributed by atoms with Gasteiger partial charge in [0.2, 0.25) is 0 Å². The molecule has 0 aliphatic rings. The zero-order valence-corrected chi connectivity index (χ0v) is 10.0. The molecule has 1 aromatic heterocycles. The van der Waals surface area contributed by atoms with Crippen molar-refractivity contribution in [2.24, 2.45) is 5.73 Å². The first kappa shape index (κ1) is 11.6. The second-order valence-electron chi connectivity index (χ2n) is 3.95. The molecule has 14 heavy (non-hydrogen) atoms. The summed E-state index contributed by atoms with van der Waals surface area (Å²) in [6.45, 7) is 4.91. The van der Waals surface area contributed by atoms with E-state index in [1.54, 1.807) is 6.20 Å². The Balaban J connectivity index is 2.35. The lowest BCUT2D eigenvalue weighted by Gasteiger charge is -2.17. The molecule has 78 valence electrons. The van der Waals surface area contributed by atoms with Crippen LogP contribution in [0.5, 0.6) is 0 Å². The Morgan fingerprint density at radius 2 is 2.21 bits per heavy atom. The standard InChI is InChI=1S/C10H15BrN2O/c1-10(2,12)7-14-6-9-4-3-8(11)5-13-9/h3-5H,6-7,12H2,1-2H3. The fraction of sp³-hybridized carbons (Fsp3) is 0.500. The Morgan fingerprint density at radius 3 is 2.71 bits per heavy atom. The van der Waals surface area contributed by atoms with Gasteiger partial charge < -0.3 is 10.5 Å². The molecule has 0 aliphatic heterocycles. The van der Waals surface area contributed by atoms with Crippen molar-refractivity contribution in [1.29, 1.82) is 0 Å². The summed E-state index contributed by atoms with van der Waals surface area (Å²) >= 11 is 3.32. The minimum Gasteiger partial charge on any atom is -0.373 e. The molecule has 1 rings (SSSR count). The maximum atomic E-state index is 5.77. The van der Waals surface area contributed by atoms with Crippen LogP contribution in [0.2, 0.25) is 0 Å². The minimum atomic E-state index is -0.282. The van der Waals surface area contributed by atoms with Gasteiger partial charge in [-0.15, -0.1) is 0 Å². The SMILES string of the molecule is CC(C)(N)COCc1ccc(Br)cn1. The number of aromatic nitrogens is 1. The minimum absolute atomic E-state index is 0.282. The van der Waals surface area contributed by atoms with Crippen molar-refractivity contribution in [1.82, 2.24) is 4.98 Å². The predicted molar refractivity (Wildman–Crippen MR) is 59.9 cm³/mol. The Hall–Kier alpha value is -0.450. The number of ether oxygens (including phenoxy) is 1. The monoisotopic (exact) mass is 258 g/mol. The second-order valence-corrected chi connectivity index (χ2v) is 4.86. The van der Waals surface area contributed by atoms with E-state index in [9.17, 15) is 0 Å². The van der Waals surface area contributed by atoms with E-state index in [-0.39, 0.29) is 5.54 Å². The summed E-state index contributed by atoms with van der Waals surface area (Å²) in [5, 5.41) is 0. The van der Waals surface area contributed by atoms with Gasteiger partial charge in [-0.3, -0.25) is 4.98 Å². The molecule has 1 heterocycles. The van der Waals surface area contributed by atoms with E-state index in [0.717, 1.165) is 10.2 Å². The average molecular weight is 259 g/mol. The molecule has 0 amide bonds. The third-order valence-corrected chi connectivity index (χ3v) is 1.98. The van der Waals surface area contributed by atoms with E-state index < -0.39 is 0 Å². The Labute approximate surface area is 92.8 Å². The molecule has 0 unspecified atom stereocenters. The van der Waals surface area contributed by atoms with Crippen molar-refractivity contribution < 1.29 is 4.74 Å². The van der Waals surface area contributed by atoms with Gasteiger partial charge >= 0.3 is 0 Å². The highest BCUT2D eigenvalue weighted by Gasteiger charge is 2.10. The smallest absolute Gasteiger partial charge is 0.0888 e. The Kier molecular flexibility index (Phi) is 4.04. The zero-order chi connectivity index (χ0) is 10.6. The summed E-state index contributed by atoms with van der Waals surface area (Å²) < 4.78 is 6.39. The molecule has 0 atom stereocenters. The van der Waals surface area contributed by atoms with Gasteiger partial charge in [-0.05, 0) is 41.9 Å². The summed E-state index contributed by atoms with van der Waals surface area (Å²) in [5.41, 5.74) is 6.40. The van der Waals surface area contributed by atoms with Crippen LogP contribution in [0.1, 0.15) is 19.5 Å².